The lowest BCUT2D eigenvalue weighted by molar-refractivity contribution is 0.282. The van der Waals surface area contributed by atoms with Gasteiger partial charge in [0.1, 0.15) is 0 Å². The summed E-state index contributed by atoms with van der Waals surface area (Å²) in [6, 6.07) is -0.918. The van der Waals surface area contributed by atoms with Crippen LogP contribution in [0.5, 0.6) is 17.2 Å². The normalized spacial score (nSPS) is 11.7. The number of rotatable bonds is 6. The maximum absolute atomic E-state index is 15.2. The Hall–Kier alpha value is -5.70. The average molecular weight is 764 g/mol. The smallest absolute Gasteiger partial charge is 0.486 e. The van der Waals surface area contributed by atoms with E-state index in [0.29, 0.717) is 0 Å². The van der Waals surface area contributed by atoms with Gasteiger partial charge < -0.3 is 14.0 Å². The Morgan fingerprint density at radius 1 is 0.269 bits per heavy atom. The van der Waals surface area contributed by atoms with E-state index in [1.807, 2.05) is 0 Å². The Kier molecular flexibility index (Phi) is 8.69. The van der Waals surface area contributed by atoms with Crippen LogP contribution < -0.4 is 14.0 Å². The number of halogens is 18. The van der Waals surface area contributed by atoms with Crippen molar-refractivity contribution in [2.24, 2.45) is 0 Å². The highest BCUT2D eigenvalue weighted by Crippen LogP contribution is 2.42. The van der Waals surface area contributed by atoms with Crippen LogP contribution in [0.2, 0.25) is 0 Å². The molecule has 0 aliphatic rings. The van der Waals surface area contributed by atoms with Crippen LogP contribution in [0.25, 0.3) is 32.3 Å². The van der Waals surface area contributed by atoms with Crippen LogP contribution in [0.4, 0.5) is 79.0 Å². The first kappa shape index (κ1) is 36.1. The number of hydrogen-bond acceptors (Lipinski definition) is 3. The van der Waals surface area contributed by atoms with Crippen molar-refractivity contribution < 1.29 is 93.0 Å². The topological polar surface area (TPSA) is 27.7 Å². The second kappa shape index (κ2) is 12.5. The Labute approximate surface area is 273 Å². The molecule has 6 aromatic carbocycles. The SMILES string of the molecule is Fc1cc2c(F)c(F)c(F)c(OB(Oc3c(F)c(F)c(F)c4cc(F)c(F)c(F)c34)Oc3c(F)c(F)c(F)c4cc(F)c(F)c(F)c34)c2c(F)c1F. The number of hydrogen-bond donors (Lipinski definition) is 0. The highest BCUT2D eigenvalue weighted by atomic mass is 19.2. The van der Waals surface area contributed by atoms with Gasteiger partial charge in [0.05, 0.1) is 16.2 Å². The van der Waals surface area contributed by atoms with Crippen LogP contribution in [0, 0.1) is 105 Å². The van der Waals surface area contributed by atoms with E-state index in [1.54, 1.807) is 0 Å². The van der Waals surface area contributed by atoms with E-state index < -0.39 is 162 Å². The van der Waals surface area contributed by atoms with Gasteiger partial charge in [-0.2, -0.15) is 13.2 Å². The van der Waals surface area contributed by atoms with Crippen molar-refractivity contribution in [3.05, 3.63) is 123 Å². The third-order valence-electron chi connectivity index (χ3n) is 7.27. The molecule has 0 saturated carbocycles. The zero-order chi connectivity index (χ0) is 38.4. The summed E-state index contributed by atoms with van der Waals surface area (Å²) in [6.45, 7) is 0. The molecule has 22 heteroatoms. The molecule has 0 heterocycles. The molecule has 0 atom stereocenters. The Balaban J connectivity index is 1.69. The van der Waals surface area contributed by atoms with E-state index in [-0.39, 0.29) is 18.2 Å². The molecule has 0 bridgehead atoms. The van der Waals surface area contributed by atoms with Gasteiger partial charge in [-0.05, 0) is 18.2 Å². The molecular formula is C30H3BF18O3. The molecule has 0 aromatic heterocycles. The number of fused-ring (bicyclic) bond motifs is 3. The van der Waals surface area contributed by atoms with Crippen molar-refractivity contribution in [1.82, 2.24) is 0 Å². The van der Waals surface area contributed by atoms with Crippen molar-refractivity contribution in [2.45, 2.75) is 0 Å². The average Bonchev–Trinajstić information content (AvgIpc) is 3.11. The van der Waals surface area contributed by atoms with Crippen LogP contribution in [0.3, 0.4) is 0 Å². The predicted octanol–water partition coefficient (Wildman–Crippen LogP) is 10.2. The van der Waals surface area contributed by atoms with Gasteiger partial charge in [0.2, 0.25) is 17.5 Å². The summed E-state index contributed by atoms with van der Waals surface area (Å²) >= 11 is 0. The molecule has 0 unspecified atom stereocenters. The van der Waals surface area contributed by atoms with Crippen LogP contribution >= 0.6 is 0 Å². The van der Waals surface area contributed by atoms with Gasteiger partial charge in [-0.1, -0.05) is 0 Å². The lowest BCUT2D eigenvalue weighted by Crippen LogP contribution is -2.38. The van der Waals surface area contributed by atoms with Crippen LogP contribution in [-0.2, 0) is 0 Å². The van der Waals surface area contributed by atoms with Gasteiger partial charge in [0.15, 0.2) is 105 Å². The highest BCUT2D eigenvalue weighted by Gasteiger charge is 2.41. The first-order chi connectivity index (χ1) is 24.3. The van der Waals surface area contributed by atoms with Gasteiger partial charge in [0.25, 0.3) is 0 Å². The molecule has 0 aliphatic carbocycles. The van der Waals surface area contributed by atoms with Crippen molar-refractivity contribution in [2.75, 3.05) is 0 Å². The maximum atomic E-state index is 15.2. The van der Waals surface area contributed by atoms with E-state index in [2.05, 4.69) is 14.0 Å². The molecule has 0 fully saturated rings. The largest absolute Gasteiger partial charge is 0.864 e. The zero-order valence-corrected chi connectivity index (χ0v) is 23.8. The van der Waals surface area contributed by atoms with Crippen molar-refractivity contribution in [3.8, 4) is 17.2 Å². The molecular weight excluding hydrogens is 761 g/mol. The van der Waals surface area contributed by atoms with Gasteiger partial charge in [-0.25, -0.2) is 65.9 Å². The van der Waals surface area contributed by atoms with Gasteiger partial charge in [0, 0.05) is 16.2 Å². The van der Waals surface area contributed by atoms with E-state index in [1.165, 1.54) is 0 Å². The Morgan fingerprint density at radius 2 is 0.500 bits per heavy atom. The van der Waals surface area contributed by atoms with Crippen molar-refractivity contribution in [3.63, 3.8) is 0 Å². The van der Waals surface area contributed by atoms with Crippen molar-refractivity contribution >= 4 is 39.6 Å². The molecule has 52 heavy (non-hydrogen) atoms. The fourth-order valence-electron chi connectivity index (χ4n) is 4.94. The third kappa shape index (κ3) is 5.21. The van der Waals surface area contributed by atoms with Gasteiger partial charge in [-0.3, -0.25) is 0 Å². The summed E-state index contributed by atoms with van der Waals surface area (Å²) in [6.07, 6.45) is 0. The summed E-state index contributed by atoms with van der Waals surface area (Å²) in [5.41, 5.74) is 0. The molecule has 0 radical (unpaired) electrons. The summed E-state index contributed by atoms with van der Waals surface area (Å²) in [5.74, 6) is -53.3. The molecule has 6 aromatic rings. The molecule has 3 nitrogen and oxygen atoms in total. The van der Waals surface area contributed by atoms with Crippen LogP contribution in [0.15, 0.2) is 18.2 Å². The molecule has 270 valence electrons. The summed E-state index contributed by atoms with van der Waals surface area (Å²) in [5, 5.41) is -11.1. The summed E-state index contributed by atoms with van der Waals surface area (Å²) in [4.78, 5) is 0. The quantitative estimate of drug-likeness (QED) is 0.0961. The minimum absolute atomic E-state index is 0.306. The monoisotopic (exact) mass is 764 g/mol. The van der Waals surface area contributed by atoms with Gasteiger partial charge in [-0.15, -0.1) is 0 Å². The lowest BCUT2D eigenvalue weighted by atomic mass is 10.0. The Morgan fingerprint density at radius 3 is 0.731 bits per heavy atom. The first-order valence-corrected chi connectivity index (χ1v) is 13.2. The molecule has 0 spiro atoms. The lowest BCUT2D eigenvalue weighted by Gasteiger charge is -2.21. The second-order valence-corrected chi connectivity index (χ2v) is 10.2. The van der Waals surface area contributed by atoms with Crippen molar-refractivity contribution in [1.29, 1.82) is 0 Å². The van der Waals surface area contributed by atoms with E-state index in [0.717, 1.165) is 0 Å². The summed E-state index contributed by atoms with van der Waals surface area (Å²) < 4.78 is 276. The maximum Gasteiger partial charge on any atom is 0.864 e. The molecule has 0 saturated heterocycles. The fourth-order valence-corrected chi connectivity index (χ4v) is 4.94. The Bertz CT molecular complexity index is 2280. The minimum Gasteiger partial charge on any atom is -0.486 e. The van der Waals surface area contributed by atoms with E-state index in [4.69, 9.17) is 0 Å². The molecule has 0 aliphatic heterocycles. The van der Waals surface area contributed by atoms with Crippen LogP contribution in [-0.4, -0.2) is 7.32 Å². The zero-order valence-electron chi connectivity index (χ0n) is 23.8. The highest BCUT2D eigenvalue weighted by molar-refractivity contribution is 6.40. The minimum atomic E-state index is -3.82. The number of benzene rings is 6. The van der Waals surface area contributed by atoms with E-state index in [9.17, 15) is 65.9 Å². The summed E-state index contributed by atoms with van der Waals surface area (Å²) in [7, 11) is -3.82. The predicted molar refractivity (Wildman–Crippen MR) is 139 cm³/mol. The second-order valence-electron chi connectivity index (χ2n) is 10.2. The van der Waals surface area contributed by atoms with Crippen LogP contribution in [0.1, 0.15) is 0 Å². The van der Waals surface area contributed by atoms with E-state index >= 15 is 13.2 Å². The van der Waals surface area contributed by atoms with Gasteiger partial charge >= 0.3 is 7.32 Å². The third-order valence-corrected chi connectivity index (χ3v) is 7.27. The molecule has 0 N–H and O–H groups in total. The first-order valence-electron chi connectivity index (χ1n) is 13.2. The fraction of sp³-hybridized carbons (Fsp3) is 0. The molecule has 6 rings (SSSR count). The molecule has 0 amide bonds. The standard InChI is InChI=1S/C30H3BF18O3/c32-7-1-4-10(19(41)16(7)38)28(25(47)22(44)13(4)35)50-31(51-29-11-5(14(36)23(45)26(29)48)2-8(33)17(39)20(11)42)52-30-12-6(15(37)24(46)27(30)49)3-9(34)18(40)21(12)43/h1-3H.